The SMILES string of the molecule is COc1ccc2c(c1)OC1(CCN(S(=O)(=O)Cc3ccccc3)CC1)CC2=O. The molecule has 0 unspecified atom stereocenters. The number of Topliss-reactive ketones (excluding diaryl/α,β-unsaturated/α-hetero) is 1. The maximum atomic E-state index is 12.8. The second-order valence-corrected chi connectivity index (χ2v) is 9.36. The molecule has 2 aliphatic heterocycles. The number of carbonyl (C=O) groups excluding carboxylic acids is 1. The average Bonchev–Trinajstić information content (AvgIpc) is 2.68. The van der Waals surface area contributed by atoms with Gasteiger partial charge < -0.3 is 9.47 Å². The Balaban J connectivity index is 1.48. The highest BCUT2D eigenvalue weighted by molar-refractivity contribution is 7.88. The van der Waals surface area contributed by atoms with E-state index in [-0.39, 0.29) is 18.0 Å². The van der Waals surface area contributed by atoms with Gasteiger partial charge in [0.1, 0.15) is 17.1 Å². The summed E-state index contributed by atoms with van der Waals surface area (Å²) in [7, 11) is -1.84. The number of nitrogens with zero attached hydrogens (tertiary/aromatic N) is 1. The molecular weight excluding hydrogens is 378 g/mol. The number of sulfonamides is 1. The van der Waals surface area contributed by atoms with E-state index in [2.05, 4.69) is 0 Å². The lowest BCUT2D eigenvalue weighted by Crippen LogP contribution is -2.52. The molecule has 1 saturated heterocycles. The molecular formula is C21H23NO5S. The van der Waals surface area contributed by atoms with Gasteiger partial charge in [0.2, 0.25) is 10.0 Å². The van der Waals surface area contributed by atoms with Crippen LogP contribution in [0.3, 0.4) is 0 Å². The van der Waals surface area contributed by atoms with Crippen molar-refractivity contribution in [2.75, 3.05) is 20.2 Å². The van der Waals surface area contributed by atoms with Crippen LogP contribution in [-0.4, -0.2) is 44.3 Å². The lowest BCUT2D eigenvalue weighted by atomic mass is 9.83. The van der Waals surface area contributed by atoms with E-state index >= 15 is 0 Å². The van der Waals surface area contributed by atoms with Gasteiger partial charge in [-0.1, -0.05) is 30.3 Å². The number of piperidine rings is 1. The van der Waals surface area contributed by atoms with Crippen molar-refractivity contribution in [2.45, 2.75) is 30.6 Å². The molecule has 2 aromatic carbocycles. The first-order valence-corrected chi connectivity index (χ1v) is 10.9. The Morgan fingerprint density at radius 3 is 2.50 bits per heavy atom. The Morgan fingerprint density at radius 1 is 1.11 bits per heavy atom. The minimum Gasteiger partial charge on any atom is -0.497 e. The van der Waals surface area contributed by atoms with Gasteiger partial charge in [0.15, 0.2) is 5.78 Å². The number of carbonyl (C=O) groups is 1. The lowest BCUT2D eigenvalue weighted by molar-refractivity contribution is 0.00576. The number of hydrogen-bond donors (Lipinski definition) is 0. The van der Waals surface area contributed by atoms with Crippen LogP contribution in [0.25, 0.3) is 0 Å². The van der Waals surface area contributed by atoms with E-state index in [0.29, 0.717) is 43.0 Å². The van der Waals surface area contributed by atoms with Gasteiger partial charge in [-0.15, -0.1) is 0 Å². The number of rotatable bonds is 4. The minimum absolute atomic E-state index is 0.0132. The third kappa shape index (κ3) is 3.64. The van der Waals surface area contributed by atoms with Crippen molar-refractivity contribution in [2.24, 2.45) is 0 Å². The first-order chi connectivity index (χ1) is 13.4. The summed E-state index contributed by atoms with van der Waals surface area (Å²) in [5.41, 5.74) is 0.688. The second-order valence-electron chi connectivity index (χ2n) is 7.39. The van der Waals surface area contributed by atoms with E-state index in [0.717, 1.165) is 5.56 Å². The molecule has 0 atom stereocenters. The smallest absolute Gasteiger partial charge is 0.218 e. The van der Waals surface area contributed by atoms with Gasteiger partial charge in [-0.05, 0) is 17.7 Å². The maximum absolute atomic E-state index is 12.8. The summed E-state index contributed by atoms with van der Waals surface area (Å²) in [6, 6.07) is 14.4. The van der Waals surface area contributed by atoms with Crippen molar-refractivity contribution in [3.63, 3.8) is 0 Å². The van der Waals surface area contributed by atoms with Crippen LogP contribution in [0.4, 0.5) is 0 Å². The summed E-state index contributed by atoms with van der Waals surface area (Å²) in [4.78, 5) is 12.6. The highest BCUT2D eigenvalue weighted by Crippen LogP contribution is 2.41. The fraction of sp³-hybridized carbons (Fsp3) is 0.381. The van der Waals surface area contributed by atoms with Gasteiger partial charge in [-0.25, -0.2) is 12.7 Å². The van der Waals surface area contributed by atoms with Crippen LogP contribution in [0, 0.1) is 0 Å². The van der Waals surface area contributed by atoms with Crippen molar-refractivity contribution >= 4 is 15.8 Å². The first kappa shape index (κ1) is 19.0. The zero-order valence-electron chi connectivity index (χ0n) is 15.8. The zero-order valence-corrected chi connectivity index (χ0v) is 16.6. The molecule has 2 aliphatic rings. The van der Waals surface area contributed by atoms with Crippen molar-refractivity contribution in [3.8, 4) is 11.5 Å². The molecule has 1 fully saturated rings. The second kappa shape index (κ2) is 7.22. The zero-order chi connectivity index (χ0) is 19.8. The predicted molar refractivity (Wildman–Crippen MR) is 105 cm³/mol. The first-order valence-electron chi connectivity index (χ1n) is 9.33. The highest BCUT2D eigenvalue weighted by Gasteiger charge is 2.44. The molecule has 0 aliphatic carbocycles. The Labute approximate surface area is 165 Å². The van der Waals surface area contributed by atoms with E-state index in [4.69, 9.17) is 9.47 Å². The fourth-order valence-electron chi connectivity index (χ4n) is 3.93. The van der Waals surface area contributed by atoms with Crippen molar-refractivity contribution in [1.82, 2.24) is 4.31 Å². The van der Waals surface area contributed by atoms with Gasteiger partial charge in [-0.2, -0.15) is 0 Å². The average molecular weight is 401 g/mol. The molecule has 7 heteroatoms. The topological polar surface area (TPSA) is 72.9 Å². The van der Waals surface area contributed by atoms with Crippen LogP contribution in [0.5, 0.6) is 11.5 Å². The van der Waals surface area contributed by atoms with E-state index in [1.165, 1.54) is 4.31 Å². The molecule has 148 valence electrons. The summed E-state index contributed by atoms with van der Waals surface area (Å²) in [5.74, 6) is 1.17. The molecule has 4 rings (SSSR count). The summed E-state index contributed by atoms with van der Waals surface area (Å²) in [6.45, 7) is 0.698. The highest BCUT2D eigenvalue weighted by atomic mass is 32.2. The number of fused-ring (bicyclic) bond motifs is 1. The Morgan fingerprint density at radius 2 is 1.82 bits per heavy atom. The molecule has 0 radical (unpaired) electrons. The molecule has 0 saturated carbocycles. The number of ketones is 1. The lowest BCUT2D eigenvalue weighted by Gasteiger charge is -2.43. The summed E-state index contributed by atoms with van der Waals surface area (Å²) in [5, 5.41) is 0. The number of hydrogen-bond acceptors (Lipinski definition) is 5. The van der Waals surface area contributed by atoms with E-state index in [9.17, 15) is 13.2 Å². The Kier molecular flexibility index (Phi) is 4.89. The third-order valence-corrected chi connectivity index (χ3v) is 7.37. The Bertz CT molecular complexity index is 979. The van der Waals surface area contributed by atoms with Crippen LogP contribution in [0.2, 0.25) is 0 Å². The molecule has 2 aromatic rings. The summed E-state index contributed by atoms with van der Waals surface area (Å²) < 4.78 is 38.5. The largest absolute Gasteiger partial charge is 0.497 e. The van der Waals surface area contributed by atoms with Crippen molar-refractivity contribution < 1.29 is 22.7 Å². The van der Waals surface area contributed by atoms with Crippen LogP contribution in [0.1, 0.15) is 35.2 Å². The molecule has 0 amide bonds. The van der Waals surface area contributed by atoms with Crippen LogP contribution in [-0.2, 0) is 15.8 Å². The number of benzene rings is 2. The molecule has 28 heavy (non-hydrogen) atoms. The van der Waals surface area contributed by atoms with Gasteiger partial charge in [0, 0.05) is 32.0 Å². The van der Waals surface area contributed by atoms with Crippen molar-refractivity contribution in [1.29, 1.82) is 0 Å². The summed E-state index contributed by atoms with van der Waals surface area (Å²) >= 11 is 0. The molecule has 2 heterocycles. The quantitative estimate of drug-likeness (QED) is 0.787. The summed E-state index contributed by atoms with van der Waals surface area (Å²) in [6.07, 6.45) is 1.26. The maximum Gasteiger partial charge on any atom is 0.218 e. The molecule has 0 aromatic heterocycles. The molecule has 0 bridgehead atoms. The van der Waals surface area contributed by atoms with E-state index in [1.807, 2.05) is 30.3 Å². The van der Waals surface area contributed by atoms with Crippen molar-refractivity contribution in [3.05, 3.63) is 59.7 Å². The van der Waals surface area contributed by atoms with Gasteiger partial charge in [0.05, 0.1) is 24.8 Å². The van der Waals surface area contributed by atoms with Gasteiger partial charge >= 0.3 is 0 Å². The van der Waals surface area contributed by atoms with Crippen LogP contribution < -0.4 is 9.47 Å². The monoisotopic (exact) mass is 401 g/mol. The fourth-order valence-corrected chi connectivity index (χ4v) is 5.46. The predicted octanol–water partition coefficient (Wildman–Crippen LogP) is 3.03. The third-order valence-electron chi connectivity index (χ3n) is 5.52. The van der Waals surface area contributed by atoms with Crippen LogP contribution in [0.15, 0.2) is 48.5 Å². The van der Waals surface area contributed by atoms with E-state index < -0.39 is 15.6 Å². The van der Waals surface area contributed by atoms with Gasteiger partial charge in [0.25, 0.3) is 0 Å². The molecule has 6 nitrogen and oxygen atoms in total. The standard InChI is InChI=1S/C21H23NO5S/c1-26-17-7-8-18-19(23)14-21(27-20(18)13-17)9-11-22(12-10-21)28(24,25)15-16-5-3-2-4-6-16/h2-8,13H,9-12,14-15H2,1H3. The van der Waals surface area contributed by atoms with Gasteiger partial charge in [-0.3, -0.25) is 4.79 Å². The Hall–Kier alpha value is -2.38. The van der Waals surface area contributed by atoms with Crippen LogP contribution >= 0.6 is 0 Å². The normalized spacial score (nSPS) is 19.1. The number of ether oxygens (including phenoxy) is 2. The molecule has 0 N–H and O–H groups in total. The number of methoxy groups -OCH3 is 1. The minimum atomic E-state index is -3.40. The van der Waals surface area contributed by atoms with E-state index in [1.54, 1.807) is 25.3 Å². The molecule has 1 spiro atoms.